The van der Waals surface area contributed by atoms with E-state index in [1.165, 1.54) is 7.11 Å². The fourth-order valence-electron chi connectivity index (χ4n) is 3.73. The second-order valence-corrected chi connectivity index (χ2v) is 7.52. The Morgan fingerprint density at radius 3 is 2.76 bits per heavy atom. The highest BCUT2D eigenvalue weighted by Crippen LogP contribution is 2.35. The van der Waals surface area contributed by atoms with E-state index >= 15 is 0 Å². The van der Waals surface area contributed by atoms with Gasteiger partial charge in [-0.2, -0.15) is 5.10 Å². The zero-order chi connectivity index (χ0) is 20.5. The van der Waals surface area contributed by atoms with Crippen LogP contribution in [0.15, 0.2) is 24.5 Å². The van der Waals surface area contributed by atoms with E-state index in [1.807, 2.05) is 48.5 Å². The summed E-state index contributed by atoms with van der Waals surface area (Å²) >= 11 is 0. The van der Waals surface area contributed by atoms with Crippen LogP contribution in [0.5, 0.6) is 5.88 Å². The van der Waals surface area contributed by atoms with Crippen LogP contribution in [0.2, 0.25) is 0 Å². The molecule has 8 heteroatoms. The van der Waals surface area contributed by atoms with E-state index in [4.69, 9.17) is 19.3 Å². The van der Waals surface area contributed by atoms with Gasteiger partial charge in [-0.05, 0) is 26.0 Å². The Bertz CT molecular complexity index is 1030. The Labute approximate surface area is 169 Å². The Kier molecular flexibility index (Phi) is 5.27. The molecule has 4 rings (SSSR count). The van der Waals surface area contributed by atoms with Gasteiger partial charge < -0.3 is 18.8 Å². The minimum atomic E-state index is -0.373. The molecule has 0 N–H and O–H groups in total. The van der Waals surface area contributed by atoms with Gasteiger partial charge in [-0.25, -0.2) is 9.78 Å². The Hall–Kier alpha value is -2.87. The molecule has 3 aromatic rings. The maximum absolute atomic E-state index is 12.3. The molecular weight excluding hydrogens is 372 g/mol. The van der Waals surface area contributed by atoms with Gasteiger partial charge in [0.1, 0.15) is 17.5 Å². The van der Waals surface area contributed by atoms with Crippen molar-refractivity contribution in [1.82, 2.24) is 19.3 Å². The molecule has 0 amide bonds. The molecule has 0 aromatic carbocycles. The van der Waals surface area contributed by atoms with Crippen molar-refractivity contribution in [2.24, 2.45) is 7.05 Å². The average Bonchev–Trinajstić information content (AvgIpc) is 3.31. The summed E-state index contributed by atoms with van der Waals surface area (Å²) in [6.45, 7) is 5.43. The van der Waals surface area contributed by atoms with Crippen LogP contribution >= 0.6 is 0 Å². The number of methoxy groups -OCH3 is 1. The summed E-state index contributed by atoms with van der Waals surface area (Å²) in [6.07, 6.45) is 5.42. The third-order valence-electron chi connectivity index (χ3n) is 5.25. The molecule has 4 heterocycles. The quantitative estimate of drug-likeness (QED) is 0.613. The first-order valence-electron chi connectivity index (χ1n) is 9.86. The number of aryl methyl sites for hydroxylation is 1. The number of ether oxygens (including phenoxy) is 3. The summed E-state index contributed by atoms with van der Waals surface area (Å²) < 4.78 is 20.4. The predicted molar refractivity (Wildman–Crippen MR) is 108 cm³/mol. The third kappa shape index (κ3) is 3.60. The van der Waals surface area contributed by atoms with Gasteiger partial charge in [0.05, 0.1) is 31.2 Å². The summed E-state index contributed by atoms with van der Waals surface area (Å²) in [5, 5.41) is 5.57. The van der Waals surface area contributed by atoms with Crippen molar-refractivity contribution in [3.63, 3.8) is 0 Å². The fraction of sp³-hybridized carbons (Fsp3) is 0.476. The van der Waals surface area contributed by atoms with Crippen molar-refractivity contribution in [3.8, 4) is 17.1 Å². The van der Waals surface area contributed by atoms with Crippen molar-refractivity contribution in [1.29, 1.82) is 0 Å². The third-order valence-corrected chi connectivity index (χ3v) is 5.25. The summed E-state index contributed by atoms with van der Waals surface area (Å²) in [5.41, 5.74) is 2.98. The molecule has 1 fully saturated rings. The number of fused-ring (bicyclic) bond motifs is 1. The predicted octanol–water partition coefficient (Wildman–Crippen LogP) is 3.36. The lowest BCUT2D eigenvalue weighted by molar-refractivity contribution is 0.0244. The first kappa shape index (κ1) is 19.4. The van der Waals surface area contributed by atoms with Crippen molar-refractivity contribution >= 4 is 16.9 Å². The highest BCUT2D eigenvalue weighted by Gasteiger charge is 2.24. The van der Waals surface area contributed by atoms with Crippen LogP contribution in [0.1, 0.15) is 43.2 Å². The molecule has 0 unspecified atom stereocenters. The lowest BCUT2D eigenvalue weighted by Gasteiger charge is -2.23. The molecule has 1 aliphatic heterocycles. The van der Waals surface area contributed by atoms with Gasteiger partial charge in [-0.15, -0.1) is 0 Å². The highest BCUT2D eigenvalue weighted by molar-refractivity contribution is 5.98. The van der Waals surface area contributed by atoms with E-state index in [-0.39, 0.29) is 18.1 Å². The number of nitrogens with zero attached hydrogens (tertiary/aromatic N) is 4. The molecule has 1 saturated heterocycles. The first-order valence-corrected chi connectivity index (χ1v) is 9.86. The van der Waals surface area contributed by atoms with Crippen LogP contribution < -0.4 is 4.74 Å². The fourth-order valence-corrected chi connectivity index (χ4v) is 3.73. The van der Waals surface area contributed by atoms with Gasteiger partial charge in [0, 0.05) is 43.9 Å². The normalized spacial score (nSPS) is 15.2. The number of aromatic nitrogens is 4. The maximum Gasteiger partial charge on any atom is 0.354 e. The van der Waals surface area contributed by atoms with E-state index in [0.717, 1.165) is 35.0 Å². The summed E-state index contributed by atoms with van der Waals surface area (Å²) in [5.74, 6) is 0.191. The van der Waals surface area contributed by atoms with Gasteiger partial charge in [0.25, 0.3) is 0 Å². The largest absolute Gasteiger partial charge is 0.474 e. The number of pyridine rings is 1. The van der Waals surface area contributed by atoms with Gasteiger partial charge >= 0.3 is 5.97 Å². The zero-order valence-electron chi connectivity index (χ0n) is 17.2. The van der Waals surface area contributed by atoms with Gasteiger partial charge in [0.2, 0.25) is 5.88 Å². The minimum Gasteiger partial charge on any atom is -0.474 e. The second kappa shape index (κ2) is 7.87. The number of hydrogen-bond donors (Lipinski definition) is 0. The van der Waals surface area contributed by atoms with Crippen LogP contribution in [-0.4, -0.2) is 51.7 Å². The van der Waals surface area contributed by atoms with Gasteiger partial charge in [0.15, 0.2) is 0 Å². The van der Waals surface area contributed by atoms with Crippen LogP contribution in [0.3, 0.4) is 0 Å². The lowest BCUT2D eigenvalue weighted by Crippen LogP contribution is -2.26. The number of rotatable bonds is 5. The van der Waals surface area contributed by atoms with Crippen LogP contribution in [0, 0.1) is 0 Å². The second-order valence-electron chi connectivity index (χ2n) is 7.52. The lowest BCUT2D eigenvalue weighted by atomic mass is 10.1. The van der Waals surface area contributed by atoms with Crippen LogP contribution in [-0.2, 0) is 16.5 Å². The molecular formula is C21H26N4O4. The average molecular weight is 398 g/mol. The summed E-state index contributed by atoms with van der Waals surface area (Å²) in [6, 6.07) is 3.84. The van der Waals surface area contributed by atoms with Gasteiger partial charge in [-0.3, -0.25) is 4.68 Å². The maximum atomic E-state index is 12.3. The molecule has 0 aliphatic carbocycles. The molecule has 0 spiro atoms. The standard InChI is InChI=1S/C21H26N4O4/c1-13(2)25-12-14(11-17(25)21(26)27-4)19-18-16(24(3)23-19)5-8-22-20(18)29-15-6-9-28-10-7-15/h5,8,11-13,15H,6-7,9-10H2,1-4H3. The molecule has 3 aromatic heterocycles. The summed E-state index contributed by atoms with van der Waals surface area (Å²) in [4.78, 5) is 16.8. The summed E-state index contributed by atoms with van der Waals surface area (Å²) in [7, 11) is 3.28. The SMILES string of the molecule is COC(=O)c1cc(-c2nn(C)c3ccnc(OC4CCOCC4)c23)cn1C(C)C. The smallest absolute Gasteiger partial charge is 0.354 e. The van der Waals surface area contributed by atoms with Gasteiger partial charge in [-0.1, -0.05) is 0 Å². The van der Waals surface area contributed by atoms with E-state index < -0.39 is 0 Å². The van der Waals surface area contributed by atoms with Crippen LogP contribution in [0.4, 0.5) is 0 Å². The van der Waals surface area contributed by atoms with E-state index in [2.05, 4.69) is 4.98 Å². The van der Waals surface area contributed by atoms with E-state index in [0.29, 0.717) is 24.8 Å². The zero-order valence-corrected chi connectivity index (χ0v) is 17.2. The Balaban J connectivity index is 1.83. The van der Waals surface area contributed by atoms with Crippen molar-refractivity contribution < 1.29 is 19.0 Å². The first-order chi connectivity index (χ1) is 14.0. The Morgan fingerprint density at radius 2 is 2.07 bits per heavy atom. The van der Waals surface area contributed by atoms with Crippen LogP contribution in [0.25, 0.3) is 22.2 Å². The number of esters is 1. The molecule has 0 radical (unpaired) electrons. The molecule has 1 aliphatic rings. The van der Waals surface area contributed by atoms with Crippen molar-refractivity contribution in [2.75, 3.05) is 20.3 Å². The topological polar surface area (TPSA) is 80.4 Å². The Morgan fingerprint density at radius 1 is 1.31 bits per heavy atom. The van der Waals surface area contributed by atoms with E-state index in [9.17, 15) is 4.79 Å². The number of hydrogen-bond acceptors (Lipinski definition) is 6. The minimum absolute atomic E-state index is 0.0702. The van der Waals surface area contributed by atoms with Crippen molar-refractivity contribution in [3.05, 3.63) is 30.2 Å². The van der Waals surface area contributed by atoms with E-state index in [1.54, 1.807) is 6.20 Å². The molecule has 0 bridgehead atoms. The molecule has 0 atom stereocenters. The highest BCUT2D eigenvalue weighted by atomic mass is 16.5. The molecule has 0 saturated carbocycles. The number of carbonyl (C=O) groups excluding carboxylic acids is 1. The molecule has 29 heavy (non-hydrogen) atoms. The monoisotopic (exact) mass is 398 g/mol. The molecule has 154 valence electrons. The van der Waals surface area contributed by atoms with Crippen molar-refractivity contribution in [2.45, 2.75) is 38.8 Å². The molecule has 8 nitrogen and oxygen atoms in total. The number of carbonyl (C=O) groups is 1.